The van der Waals surface area contributed by atoms with Gasteiger partial charge in [0.25, 0.3) is 0 Å². The molecule has 0 amide bonds. The van der Waals surface area contributed by atoms with Crippen molar-refractivity contribution in [2.75, 3.05) is 0 Å². The molecule has 0 spiro atoms. The van der Waals surface area contributed by atoms with Crippen LogP contribution in [-0.2, 0) is 18.4 Å². The van der Waals surface area contributed by atoms with Crippen LogP contribution in [0.5, 0.6) is 0 Å². The zero-order valence-electron chi connectivity index (χ0n) is 11.0. The molecule has 0 heterocycles. The van der Waals surface area contributed by atoms with Gasteiger partial charge in [0.05, 0.1) is 0 Å². The first-order chi connectivity index (χ1) is 9.25. The molecule has 1 aliphatic carbocycles. The Hall–Kier alpha value is -2.04. The summed E-state index contributed by atoms with van der Waals surface area (Å²) < 4.78 is 0. The molecule has 1 aliphatic rings. The van der Waals surface area contributed by atoms with Crippen molar-refractivity contribution in [2.45, 2.75) is 25.4 Å². The van der Waals surface area contributed by atoms with Gasteiger partial charge in [-0.3, -0.25) is 0 Å². The Balaban J connectivity index is 2.34. The van der Waals surface area contributed by atoms with Gasteiger partial charge in [-0.25, -0.2) is 0 Å². The van der Waals surface area contributed by atoms with E-state index >= 15 is 0 Å². The Morgan fingerprint density at radius 3 is 1.84 bits per heavy atom. The molecule has 2 aromatic rings. The van der Waals surface area contributed by atoms with E-state index in [-0.39, 0.29) is 0 Å². The van der Waals surface area contributed by atoms with Crippen molar-refractivity contribution < 1.29 is 5.11 Å². The van der Waals surface area contributed by atoms with Crippen LogP contribution in [0.4, 0.5) is 0 Å². The van der Waals surface area contributed by atoms with Gasteiger partial charge < -0.3 is 5.11 Å². The number of benzene rings is 2. The highest BCUT2D eigenvalue weighted by Gasteiger charge is 2.35. The lowest BCUT2D eigenvalue weighted by Crippen LogP contribution is -2.26. The van der Waals surface area contributed by atoms with E-state index in [1.807, 2.05) is 36.4 Å². The van der Waals surface area contributed by atoms with E-state index in [0.29, 0.717) is 0 Å². The summed E-state index contributed by atoms with van der Waals surface area (Å²) in [6, 6.07) is 16.1. The van der Waals surface area contributed by atoms with Gasteiger partial charge in [-0.1, -0.05) is 54.5 Å². The molecule has 3 rings (SSSR count). The molecule has 1 N–H and O–H groups in total. The number of aryl methyl sites for hydroxylation is 2. The highest BCUT2D eigenvalue weighted by Crippen LogP contribution is 2.37. The average Bonchev–Trinajstić information content (AvgIpc) is 2.57. The SMILES string of the molecule is CC#CC1(O)c2ccccc2CCc2ccccc21. The molecule has 0 saturated carbocycles. The van der Waals surface area contributed by atoms with Crippen molar-refractivity contribution in [3.8, 4) is 11.8 Å². The molecular weight excluding hydrogens is 232 g/mol. The summed E-state index contributed by atoms with van der Waals surface area (Å²) in [4.78, 5) is 0. The van der Waals surface area contributed by atoms with E-state index in [4.69, 9.17) is 0 Å². The third-order valence-electron chi connectivity index (χ3n) is 3.78. The van der Waals surface area contributed by atoms with E-state index < -0.39 is 5.60 Å². The maximum Gasteiger partial charge on any atom is 0.177 e. The standard InChI is InChI=1S/C18H16O/c1-2-13-18(19)16-9-5-3-7-14(16)11-12-15-8-4-6-10-17(15)18/h3-10,19H,11-12H2,1H3. The minimum atomic E-state index is -1.18. The van der Waals surface area contributed by atoms with Crippen molar-refractivity contribution in [1.29, 1.82) is 0 Å². The maximum absolute atomic E-state index is 11.2. The summed E-state index contributed by atoms with van der Waals surface area (Å²) in [5, 5.41) is 11.2. The average molecular weight is 248 g/mol. The highest BCUT2D eigenvalue weighted by molar-refractivity contribution is 5.52. The van der Waals surface area contributed by atoms with Crippen molar-refractivity contribution in [3.63, 3.8) is 0 Å². The molecule has 0 atom stereocenters. The van der Waals surface area contributed by atoms with Crippen LogP contribution in [0.3, 0.4) is 0 Å². The lowest BCUT2D eigenvalue weighted by Gasteiger charge is -2.25. The second-order valence-electron chi connectivity index (χ2n) is 4.90. The quantitative estimate of drug-likeness (QED) is 0.710. The van der Waals surface area contributed by atoms with Crippen LogP contribution in [0.2, 0.25) is 0 Å². The highest BCUT2D eigenvalue weighted by atomic mass is 16.3. The Bertz CT molecular complexity index is 626. The third kappa shape index (κ3) is 1.85. The Kier molecular flexibility index (Phi) is 2.89. The lowest BCUT2D eigenvalue weighted by molar-refractivity contribution is 0.144. The molecule has 0 saturated heterocycles. The van der Waals surface area contributed by atoms with Gasteiger partial charge in [0.2, 0.25) is 0 Å². The van der Waals surface area contributed by atoms with Gasteiger partial charge in [0.15, 0.2) is 5.60 Å². The van der Waals surface area contributed by atoms with Crippen molar-refractivity contribution in [2.24, 2.45) is 0 Å². The molecule has 0 radical (unpaired) electrons. The third-order valence-corrected chi connectivity index (χ3v) is 3.78. The molecule has 1 heteroatoms. The Morgan fingerprint density at radius 1 is 0.895 bits per heavy atom. The fourth-order valence-corrected chi connectivity index (χ4v) is 2.91. The minimum Gasteiger partial charge on any atom is -0.369 e. The number of aliphatic hydroxyl groups is 1. The van der Waals surface area contributed by atoms with E-state index in [1.165, 1.54) is 11.1 Å². The first kappa shape index (κ1) is 12.0. The molecule has 2 aromatic carbocycles. The van der Waals surface area contributed by atoms with E-state index in [0.717, 1.165) is 24.0 Å². The molecule has 0 bridgehead atoms. The van der Waals surface area contributed by atoms with Gasteiger partial charge in [0.1, 0.15) is 0 Å². The predicted molar refractivity (Wildman–Crippen MR) is 76.7 cm³/mol. The molecule has 0 unspecified atom stereocenters. The fourth-order valence-electron chi connectivity index (χ4n) is 2.91. The number of fused-ring (bicyclic) bond motifs is 2. The van der Waals surface area contributed by atoms with Crippen LogP contribution in [0.1, 0.15) is 29.2 Å². The van der Waals surface area contributed by atoms with Crippen LogP contribution in [0.15, 0.2) is 48.5 Å². The molecule has 19 heavy (non-hydrogen) atoms. The Labute approximate surface area is 113 Å². The molecule has 1 nitrogen and oxygen atoms in total. The zero-order valence-corrected chi connectivity index (χ0v) is 11.0. The monoisotopic (exact) mass is 248 g/mol. The maximum atomic E-state index is 11.2. The van der Waals surface area contributed by atoms with Crippen LogP contribution in [0, 0.1) is 11.8 Å². The van der Waals surface area contributed by atoms with Gasteiger partial charge in [0, 0.05) is 11.1 Å². The van der Waals surface area contributed by atoms with Crippen molar-refractivity contribution in [3.05, 3.63) is 70.8 Å². The van der Waals surface area contributed by atoms with Crippen LogP contribution >= 0.6 is 0 Å². The summed E-state index contributed by atoms with van der Waals surface area (Å²) in [6.07, 6.45) is 1.89. The first-order valence-corrected chi connectivity index (χ1v) is 6.59. The van der Waals surface area contributed by atoms with Crippen molar-refractivity contribution in [1.82, 2.24) is 0 Å². The minimum absolute atomic E-state index is 0.925. The van der Waals surface area contributed by atoms with Crippen molar-refractivity contribution >= 4 is 0 Å². The molecule has 0 fully saturated rings. The topological polar surface area (TPSA) is 20.2 Å². The summed E-state index contributed by atoms with van der Waals surface area (Å²) in [7, 11) is 0. The van der Waals surface area contributed by atoms with Crippen LogP contribution in [0.25, 0.3) is 0 Å². The van der Waals surface area contributed by atoms with E-state index in [2.05, 4.69) is 24.0 Å². The molecule has 0 aliphatic heterocycles. The van der Waals surface area contributed by atoms with Crippen LogP contribution < -0.4 is 0 Å². The Morgan fingerprint density at radius 2 is 1.37 bits per heavy atom. The molecular formula is C18H16O. The summed E-state index contributed by atoms with van der Waals surface area (Å²) in [5.41, 5.74) is 3.04. The molecule has 0 aromatic heterocycles. The zero-order chi connectivity index (χ0) is 13.3. The fraction of sp³-hybridized carbons (Fsp3) is 0.222. The summed E-state index contributed by atoms with van der Waals surface area (Å²) in [6.45, 7) is 1.77. The number of rotatable bonds is 0. The first-order valence-electron chi connectivity index (χ1n) is 6.59. The second kappa shape index (κ2) is 4.57. The number of hydrogen-bond acceptors (Lipinski definition) is 1. The van der Waals surface area contributed by atoms with E-state index in [1.54, 1.807) is 6.92 Å². The summed E-state index contributed by atoms with van der Waals surface area (Å²) >= 11 is 0. The van der Waals surface area contributed by atoms with Crippen LogP contribution in [-0.4, -0.2) is 5.11 Å². The second-order valence-corrected chi connectivity index (χ2v) is 4.90. The van der Waals surface area contributed by atoms with Gasteiger partial charge >= 0.3 is 0 Å². The predicted octanol–water partition coefficient (Wildman–Crippen LogP) is 3.04. The van der Waals surface area contributed by atoms with Gasteiger partial charge in [-0.05, 0) is 30.9 Å². The molecule has 94 valence electrons. The lowest BCUT2D eigenvalue weighted by atomic mass is 9.84. The van der Waals surface area contributed by atoms with Gasteiger partial charge in [-0.2, -0.15) is 0 Å². The largest absolute Gasteiger partial charge is 0.369 e. The number of hydrogen-bond donors (Lipinski definition) is 1. The normalized spacial score (nSPS) is 15.5. The van der Waals surface area contributed by atoms with E-state index in [9.17, 15) is 5.11 Å². The van der Waals surface area contributed by atoms with Gasteiger partial charge in [-0.15, -0.1) is 5.92 Å². The smallest absolute Gasteiger partial charge is 0.177 e. The summed E-state index contributed by atoms with van der Waals surface area (Å²) in [5.74, 6) is 5.91.